The largest absolute Gasteiger partial charge is 0.402 e. The zero-order chi connectivity index (χ0) is 16.4. The van der Waals surface area contributed by atoms with Crippen molar-refractivity contribution >= 4 is 10.0 Å². The van der Waals surface area contributed by atoms with Crippen LogP contribution < -0.4 is 0 Å². The van der Waals surface area contributed by atoms with Crippen molar-refractivity contribution in [1.29, 1.82) is 5.26 Å². The summed E-state index contributed by atoms with van der Waals surface area (Å²) in [5, 5.41) is 8.80. The van der Waals surface area contributed by atoms with Crippen molar-refractivity contribution in [3.8, 4) is 6.07 Å². The van der Waals surface area contributed by atoms with Crippen molar-refractivity contribution in [2.45, 2.75) is 37.9 Å². The van der Waals surface area contributed by atoms with Crippen molar-refractivity contribution in [3.63, 3.8) is 0 Å². The van der Waals surface area contributed by atoms with Gasteiger partial charge in [0.25, 0.3) is 0 Å². The molecule has 0 radical (unpaired) electrons. The highest BCUT2D eigenvalue weighted by Crippen LogP contribution is 2.25. The van der Waals surface area contributed by atoms with Crippen LogP contribution in [-0.2, 0) is 10.0 Å². The number of nitrogens with zero attached hydrogens (tertiary/aromatic N) is 2. The van der Waals surface area contributed by atoms with Gasteiger partial charge in [-0.3, -0.25) is 0 Å². The lowest BCUT2D eigenvalue weighted by molar-refractivity contribution is -0.138. The molecular weight excluding hydrogens is 305 g/mol. The summed E-state index contributed by atoms with van der Waals surface area (Å²) in [7, 11) is -4.28. The van der Waals surface area contributed by atoms with Gasteiger partial charge in [0.15, 0.2) is 0 Å². The average Bonchev–Trinajstić information content (AvgIpc) is 2.34. The summed E-state index contributed by atoms with van der Waals surface area (Å²) in [6.07, 6.45) is -4.63. The minimum absolute atomic E-state index is 0.253. The van der Waals surface area contributed by atoms with Crippen molar-refractivity contribution in [2.75, 3.05) is 6.54 Å². The molecule has 0 aromatic heterocycles. The highest BCUT2D eigenvalue weighted by Gasteiger charge is 2.38. The molecule has 0 saturated heterocycles. The smallest absolute Gasteiger partial charge is 0.207 e. The molecule has 21 heavy (non-hydrogen) atoms. The van der Waals surface area contributed by atoms with Crippen LogP contribution in [0.1, 0.15) is 25.0 Å². The summed E-state index contributed by atoms with van der Waals surface area (Å²) >= 11 is 0. The highest BCUT2D eigenvalue weighted by atomic mass is 32.2. The van der Waals surface area contributed by atoms with Gasteiger partial charge in [0.1, 0.15) is 6.54 Å². The molecular formula is C13H15F3N2O2S. The first-order valence-corrected chi connectivity index (χ1v) is 7.52. The van der Waals surface area contributed by atoms with Gasteiger partial charge in [-0.15, -0.1) is 0 Å². The van der Waals surface area contributed by atoms with Crippen molar-refractivity contribution in [3.05, 3.63) is 29.3 Å². The fraction of sp³-hybridized carbons (Fsp3) is 0.462. The first kappa shape index (κ1) is 17.5. The third-order valence-corrected chi connectivity index (χ3v) is 4.85. The molecule has 0 fully saturated rings. The fourth-order valence-electron chi connectivity index (χ4n) is 1.78. The molecule has 0 heterocycles. The van der Waals surface area contributed by atoms with Gasteiger partial charge in [0, 0.05) is 6.04 Å². The van der Waals surface area contributed by atoms with Crippen LogP contribution in [0, 0.1) is 18.3 Å². The van der Waals surface area contributed by atoms with Gasteiger partial charge in [-0.1, -0.05) is 0 Å². The van der Waals surface area contributed by atoms with E-state index in [4.69, 9.17) is 5.26 Å². The molecule has 8 heteroatoms. The number of sulfonamides is 1. The lowest BCUT2D eigenvalue weighted by atomic mass is 10.1. The van der Waals surface area contributed by atoms with Crippen molar-refractivity contribution < 1.29 is 21.6 Å². The Morgan fingerprint density at radius 2 is 1.90 bits per heavy atom. The zero-order valence-corrected chi connectivity index (χ0v) is 12.6. The van der Waals surface area contributed by atoms with Gasteiger partial charge in [0.2, 0.25) is 10.0 Å². The van der Waals surface area contributed by atoms with E-state index in [9.17, 15) is 21.6 Å². The number of rotatable bonds is 4. The van der Waals surface area contributed by atoms with Crippen LogP contribution in [0.2, 0.25) is 0 Å². The monoisotopic (exact) mass is 320 g/mol. The molecule has 1 aromatic rings. The van der Waals surface area contributed by atoms with Crippen LogP contribution in [0.15, 0.2) is 23.1 Å². The van der Waals surface area contributed by atoms with Gasteiger partial charge in [0.05, 0.1) is 16.5 Å². The van der Waals surface area contributed by atoms with E-state index in [1.54, 1.807) is 0 Å². The number of aryl methyl sites for hydroxylation is 1. The SMILES string of the molecule is Cc1cc(S(=O)(=O)N(CC(F)(F)F)C(C)C)ccc1C#N. The molecule has 116 valence electrons. The van der Waals surface area contributed by atoms with E-state index in [0.717, 1.165) is 6.07 Å². The zero-order valence-electron chi connectivity index (χ0n) is 11.8. The van der Waals surface area contributed by atoms with Crippen LogP contribution in [0.3, 0.4) is 0 Å². The molecule has 1 rings (SSSR count). The van der Waals surface area contributed by atoms with E-state index in [0.29, 0.717) is 9.87 Å². The van der Waals surface area contributed by atoms with Crippen LogP contribution in [0.5, 0.6) is 0 Å². The molecule has 0 N–H and O–H groups in total. The molecule has 0 spiro atoms. The minimum atomic E-state index is -4.63. The number of nitriles is 1. The van der Waals surface area contributed by atoms with Crippen LogP contribution in [-0.4, -0.2) is 31.5 Å². The Morgan fingerprint density at radius 1 is 1.33 bits per heavy atom. The highest BCUT2D eigenvalue weighted by molar-refractivity contribution is 7.89. The summed E-state index contributed by atoms with van der Waals surface area (Å²) in [6.45, 7) is 2.73. The second-order valence-electron chi connectivity index (χ2n) is 4.85. The lowest BCUT2D eigenvalue weighted by Gasteiger charge is -2.27. The maximum atomic E-state index is 12.6. The molecule has 0 atom stereocenters. The van der Waals surface area contributed by atoms with Gasteiger partial charge in [-0.05, 0) is 44.5 Å². The van der Waals surface area contributed by atoms with E-state index in [-0.39, 0.29) is 10.5 Å². The Balaban J connectivity index is 3.30. The van der Waals surface area contributed by atoms with Crippen LogP contribution >= 0.6 is 0 Å². The van der Waals surface area contributed by atoms with Gasteiger partial charge >= 0.3 is 6.18 Å². The molecule has 1 aromatic carbocycles. The predicted molar refractivity (Wildman–Crippen MR) is 71.0 cm³/mol. The maximum absolute atomic E-state index is 12.6. The van der Waals surface area contributed by atoms with Crippen molar-refractivity contribution in [1.82, 2.24) is 4.31 Å². The van der Waals surface area contributed by atoms with Gasteiger partial charge in [-0.2, -0.15) is 22.7 Å². The third kappa shape index (κ3) is 4.19. The number of hydrogen-bond acceptors (Lipinski definition) is 3. The average molecular weight is 320 g/mol. The van der Waals surface area contributed by atoms with Crippen molar-refractivity contribution in [2.24, 2.45) is 0 Å². The van der Waals surface area contributed by atoms with E-state index < -0.39 is 28.8 Å². The number of alkyl halides is 3. The standard InChI is InChI=1S/C13H15F3N2O2S/c1-9(2)18(8-13(14,15)16)21(19,20)12-5-4-11(7-17)10(3)6-12/h4-6,9H,8H2,1-3H3. The van der Waals surface area contributed by atoms with Crippen LogP contribution in [0.25, 0.3) is 0 Å². The number of benzene rings is 1. The van der Waals surface area contributed by atoms with E-state index in [1.807, 2.05) is 6.07 Å². The summed E-state index contributed by atoms with van der Waals surface area (Å²) in [5.74, 6) is 0. The predicted octanol–water partition coefficient (Wildman–Crippen LogP) is 2.83. The molecule has 0 aliphatic heterocycles. The van der Waals surface area contributed by atoms with Gasteiger partial charge in [-0.25, -0.2) is 8.42 Å². The maximum Gasteiger partial charge on any atom is 0.402 e. The minimum Gasteiger partial charge on any atom is -0.207 e. The molecule has 0 aliphatic rings. The number of halogens is 3. The first-order valence-electron chi connectivity index (χ1n) is 6.08. The van der Waals surface area contributed by atoms with E-state index in [1.165, 1.54) is 32.9 Å². The summed E-state index contributed by atoms with van der Waals surface area (Å²) in [6, 6.07) is 4.67. The Hall–Kier alpha value is -1.59. The fourth-order valence-corrected chi connectivity index (χ4v) is 3.49. The Labute approximate surface area is 121 Å². The quantitative estimate of drug-likeness (QED) is 0.857. The molecule has 0 aliphatic carbocycles. The number of hydrogen-bond donors (Lipinski definition) is 0. The Morgan fingerprint density at radius 3 is 2.29 bits per heavy atom. The summed E-state index contributed by atoms with van der Waals surface area (Å²) in [4.78, 5) is -0.253. The Bertz CT molecular complexity index is 661. The van der Waals surface area contributed by atoms with Crippen LogP contribution in [0.4, 0.5) is 13.2 Å². The molecule has 4 nitrogen and oxygen atoms in total. The molecule has 0 bridgehead atoms. The Kier molecular flexibility index (Phi) is 5.02. The van der Waals surface area contributed by atoms with E-state index >= 15 is 0 Å². The third-order valence-electron chi connectivity index (χ3n) is 2.84. The van der Waals surface area contributed by atoms with E-state index in [2.05, 4.69) is 0 Å². The summed E-state index contributed by atoms with van der Waals surface area (Å²) in [5.41, 5.74) is 0.676. The second-order valence-corrected chi connectivity index (χ2v) is 6.74. The van der Waals surface area contributed by atoms with Gasteiger partial charge < -0.3 is 0 Å². The second kappa shape index (κ2) is 6.03. The topological polar surface area (TPSA) is 61.2 Å². The summed E-state index contributed by atoms with van der Waals surface area (Å²) < 4.78 is 62.8. The lowest BCUT2D eigenvalue weighted by Crippen LogP contribution is -2.43. The normalized spacial score (nSPS) is 12.7. The molecule has 0 amide bonds. The first-order chi connectivity index (χ1) is 9.49. The molecule has 0 saturated carbocycles. The molecule has 0 unspecified atom stereocenters.